The SMILES string of the molecule is O=C(NCc1ccccc1)NC1C(=O)N2C(C(=O)O)=C(CSc3cn[nH]n3)CS[C@H]12. The third-order valence-corrected chi connectivity index (χ3v) is 6.94. The van der Waals surface area contributed by atoms with Gasteiger partial charge in [-0.2, -0.15) is 10.3 Å². The number of aromatic nitrogens is 3. The number of amides is 3. The quantitative estimate of drug-likeness (QED) is 0.365. The third-order valence-electron chi connectivity index (χ3n) is 4.62. The maximum Gasteiger partial charge on any atom is 0.352 e. The summed E-state index contributed by atoms with van der Waals surface area (Å²) in [5, 5.41) is 25.4. The number of aliphatic carboxylic acids is 1. The number of carboxylic acids is 1. The number of carbonyl (C=O) groups excluding carboxylic acids is 2. The Labute approximate surface area is 179 Å². The molecule has 1 saturated heterocycles. The van der Waals surface area contributed by atoms with Gasteiger partial charge in [0, 0.05) is 18.1 Å². The van der Waals surface area contributed by atoms with E-state index >= 15 is 0 Å². The van der Waals surface area contributed by atoms with Crippen LogP contribution in [0.2, 0.25) is 0 Å². The van der Waals surface area contributed by atoms with E-state index < -0.39 is 29.3 Å². The number of H-pyrrole nitrogens is 1. The van der Waals surface area contributed by atoms with Crippen molar-refractivity contribution in [3.8, 4) is 0 Å². The van der Waals surface area contributed by atoms with Crippen molar-refractivity contribution in [2.75, 3.05) is 11.5 Å². The van der Waals surface area contributed by atoms with Crippen molar-refractivity contribution in [2.45, 2.75) is 23.0 Å². The van der Waals surface area contributed by atoms with Gasteiger partial charge in [-0.15, -0.1) is 16.9 Å². The van der Waals surface area contributed by atoms with Gasteiger partial charge in [-0.1, -0.05) is 42.1 Å². The molecule has 1 fully saturated rings. The summed E-state index contributed by atoms with van der Waals surface area (Å²) in [6.45, 7) is 0.332. The number of urea groups is 1. The van der Waals surface area contributed by atoms with E-state index in [0.29, 0.717) is 28.6 Å². The molecule has 4 rings (SSSR count). The Morgan fingerprint density at radius 2 is 2.13 bits per heavy atom. The summed E-state index contributed by atoms with van der Waals surface area (Å²) >= 11 is 2.77. The summed E-state index contributed by atoms with van der Waals surface area (Å²) in [5.41, 5.74) is 1.56. The van der Waals surface area contributed by atoms with Crippen molar-refractivity contribution >= 4 is 41.4 Å². The largest absolute Gasteiger partial charge is 0.477 e. The van der Waals surface area contributed by atoms with E-state index in [4.69, 9.17) is 0 Å². The fraction of sp³-hybridized carbons (Fsp3) is 0.278. The van der Waals surface area contributed by atoms with Crippen LogP contribution in [0.15, 0.2) is 52.8 Å². The highest BCUT2D eigenvalue weighted by molar-refractivity contribution is 8.01. The summed E-state index contributed by atoms with van der Waals surface area (Å²) in [6.07, 6.45) is 1.55. The number of nitrogens with zero attached hydrogens (tertiary/aromatic N) is 3. The van der Waals surface area contributed by atoms with Crippen molar-refractivity contribution in [1.82, 2.24) is 30.9 Å². The molecular weight excluding hydrogens is 428 g/mol. The zero-order valence-corrected chi connectivity index (χ0v) is 17.2. The number of hydrogen-bond acceptors (Lipinski definition) is 7. The third kappa shape index (κ3) is 4.14. The first-order valence-corrected chi connectivity index (χ1v) is 11.0. The highest BCUT2D eigenvalue weighted by Gasteiger charge is 2.54. The zero-order chi connectivity index (χ0) is 21.1. The Kier molecular flexibility index (Phi) is 5.95. The van der Waals surface area contributed by atoms with Gasteiger partial charge in [-0.25, -0.2) is 9.59 Å². The lowest BCUT2D eigenvalue weighted by Crippen LogP contribution is -2.71. The Morgan fingerprint density at radius 1 is 1.33 bits per heavy atom. The number of thioether (sulfide) groups is 2. The summed E-state index contributed by atoms with van der Waals surface area (Å²) in [7, 11) is 0. The molecule has 0 radical (unpaired) electrons. The number of nitrogens with one attached hydrogen (secondary N) is 3. The van der Waals surface area contributed by atoms with Crippen LogP contribution in [0, 0.1) is 0 Å². The van der Waals surface area contributed by atoms with Crippen LogP contribution in [0.5, 0.6) is 0 Å². The van der Waals surface area contributed by atoms with E-state index in [1.807, 2.05) is 30.3 Å². The minimum absolute atomic E-state index is 0.0116. The van der Waals surface area contributed by atoms with E-state index in [1.165, 1.54) is 28.4 Å². The second-order valence-corrected chi connectivity index (χ2v) is 8.65. The minimum atomic E-state index is -1.16. The highest BCUT2D eigenvalue weighted by atomic mass is 32.2. The molecule has 0 spiro atoms. The van der Waals surface area contributed by atoms with Crippen molar-refractivity contribution in [2.24, 2.45) is 0 Å². The summed E-state index contributed by atoms with van der Waals surface area (Å²) in [6, 6.07) is 8.18. The van der Waals surface area contributed by atoms with Crippen LogP contribution in [-0.2, 0) is 16.1 Å². The van der Waals surface area contributed by atoms with Gasteiger partial charge in [0.15, 0.2) is 0 Å². The standard InChI is InChI=1S/C18H18N6O4S2/c25-15-13(21-18(28)19-6-10-4-2-1-3-5-10)16-24(15)14(17(26)27)11(9-30-16)8-29-12-7-20-23-22-12/h1-5,7,13,16H,6,8-9H2,(H,26,27)(H2,19,21,28)(H,20,22,23)/t13?,16-/m1/s1. The molecule has 3 amide bonds. The molecular formula is C18H18N6O4S2. The molecule has 30 heavy (non-hydrogen) atoms. The molecule has 0 aliphatic carbocycles. The molecule has 1 aromatic carbocycles. The van der Waals surface area contributed by atoms with Crippen molar-refractivity contribution in [1.29, 1.82) is 0 Å². The van der Waals surface area contributed by atoms with Gasteiger partial charge in [-0.05, 0) is 11.1 Å². The minimum Gasteiger partial charge on any atom is -0.477 e. The molecule has 2 aliphatic rings. The topological polar surface area (TPSA) is 140 Å². The number of benzene rings is 1. The number of aromatic amines is 1. The molecule has 1 aromatic heterocycles. The van der Waals surface area contributed by atoms with Crippen molar-refractivity contribution in [3.05, 3.63) is 53.4 Å². The number of β-lactam (4-membered cyclic amide) rings is 1. The van der Waals surface area contributed by atoms with Gasteiger partial charge < -0.3 is 15.7 Å². The van der Waals surface area contributed by atoms with E-state index in [9.17, 15) is 19.5 Å². The number of carbonyl (C=O) groups is 3. The average Bonchev–Trinajstić information content (AvgIpc) is 3.28. The predicted octanol–water partition coefficient (Wildman–Crippen LogP) is 1.02. The first kappa shape index (κ1) is 20.3. The number of hydrogen-bond donors (Lipinski definition) is 4. The normalized spacial score (nSPS) is 20.4. The zero-order valence-electron chi connectivity index (χ0n) is 15.6. The van der Waals surface area contributed by atoms with E-state index in [0.717, 1.165) is 5.56 Å². The maximum atomic E-state index is 12.6. The molecule has 2 atom stereocenters. The molecule has 4 N–H and O–H groups in total. The van der Waals surface area contributed by atoms with Gasteiger partial charge in [0.25, 0.3) is 5.91 Å². The molecule has 0 saturated carbocycles. The smallest absolute Gasteiger partial charge is 0.352 e. The Hall–Kier alpha value is -2.99. The van der Waals surface area contributed by atoms with Crippen LogP contribution in [0.4, 0.5) is 4.79 Å². The molecule has 156 valence electrons. The molecule has 3 heterocycles. The molecule has 0 bridgehead atoms. The lowest BCUT2D eigenvalue weighted by molar-refractivity contribution is -0.148. The Morgan fingerprint density at radius 3 is 2.83 bits per heavy atom. The maximum absolute atomic E-state index is 12.6. The van der Waals surface area contributed by atoms with Crippen LogP contribution in [0.3, 0.4) is 0 Å². The van der Waals surface area contributed by atoms with Gasteiger partial charge >= 0.3 is 12.0 Å². The number of carboxylic acid groups (broad SMARTS) is 1. The van der Waals surface area contributed by atoms with Gasteiger partial charge in [0.05, 0.1) is 6.20 Å². The Balaban J connectivity index is 1.38. The molecule has 2 aliphatic heterocycles. The monoisotopic (exact) mass is 446 g/mol. The number of fused-ring (bicyclic) bond motifs is 1. The first-order valence-electron chi connectivity index (χ1n) is 9.01. The lowest BCUT2D eigenvalue weighted by Gasteiger charge is -2.49. The van der Waals surface area contributed by atoms with Crippen LogP contribution in [0.1, 0.15) is 5.56 Å². The highest BCUT2D eigenvalue weighted by Crippen LogP contribution is 2.41. The molecule has 12 heteroatoms. The first-order chi connectivity index (χ1) is 14.5. The van der Waals surface area contributed by atoms with Crippen LogP contribution >= 0.6 is 23.5 Å². The second kappa shape index (κ2) is 8.79. The number of rotatable bonds is 7. The van der Waals surface area contributed by atoms with Gasteiger partial charge in [0.2, 0.25) is 0 Å². The second-order valence-electron chi connectivity index (χ2n) is 6.55. The van der Waals surface area contributed by atoms with Crippen LogP contribution in [-0.4, -0.2) is 66.2 Å². The predicted molar refractivity (Wildman–Crippen MR) is 110 cm³/mol. The van der Waals surface area contributed by atoms with Crippen LogP contribution in [0.25, 0.3) is 0 Å². The van der Waals surface area contributed by atoms with E-state index in [1.54, 1.807) is 6.20 Å². The van der Waals surface area contributed by atoms with Gasteiger partial charge in [0.1, 0.15) is 22.1 Å². The van der Waals surface area contributed by atoms with Crippen molar-refractivity contribution in [3.63, 3.8) is 0 Å². The fourth-order valence-electron chi connectivity index (χ4n) is 3.19. The molecule has 1 unspecified atom stereocenters. The summed E-state index contributed by atoms with van der Waals surface area (Å²) in [4.78, 5) is 37.9. The summed E-state index contributed by atoms with van der Waals surface area (Å²) in [5.74, 6) is -0.752. The van der Waals surface area contributed by atoms with Gasteiger partial charge in [-0.3, -0.25) is 9.69 Å². The Bertz CT molecular complexity index is 982. The van der Waals surface area contributed by atoms with E-state index in [2.05, 4.69) is 26.0 Å². The average molecular weight is 447 g/mol. The molecule has 10 nitrogen and oxygen atoms in total. The van der Waals surface area contributed by atoms with Crippen molar-refractivity contribution < 1.29 is 19.5 Å². The molecule has 2 aromatic rings. The van der Waals surface area contributed by atoms with Crippen LogP contribution < -0.4 is 10.6 Å². The summed E-state index contributed by atoms with van der Waals surface area (Å²) < 4.78 is 0. The fourth-order valence-corrected chi connectivity index (χ4v) is 5.46. The lowest BCUT2D eigenvalue weighted by atomic mass is 10.0. The van der Waals surface area contributed by atoms with E-state index in [-0.39, 0.29) is 5.70 Å².